The van der Waals surface area contributed by atoms with Gasteiger partial charge < -0.3 is 10.0 Å². The fraction of sp³-hybridized carbons (Fsp3) is 0.636. The van der Waals surface area contributed by atoms with E-state index in [2.05, 4.69) is 30.8 Å². The van der Waals surface area contributed by atoms with E-state index in [4.69, 9.17) is 0 Å². The lowest BCUT2D eigenvalue weighted by molar-refractivity contribution is 0.106. The number of hydrogen-bond donors (Lipinski definition) is 1. The lowest BCUT2D eigenvalue weighted by Gasteiger charge is -2.36. The topological polar surface area (TPSA) is 49.2 Å². The van der Waals surface area contributed by atoms with Gasteiger partial charge in [-0.1, -0.05) is 12.8 Å². The van der Waals surface area contributed by atoms with Gasteiger partial charge in [0.25, 0.3) is 0 Å². The van der Waals surface area contributed by atoms with Crippen molar-refractivity contribution in [3.8, 4) is 0 Å². The van der Waals surface area contributed by atoms with Crippen LogP contribution in [-0.2, 0) is 0 Å². The molecule has 2 rings (SSSR count). The van der Waals surface area contributed by atoms with Gasteiger partial charge in [-0.05, 0) is 28.8 Å². The van der Waals surface area contributed by atoms with Crippen LogP contribution in [0.15, 0.2) is 17.0 Å². The minimum absolute atomic E-state index is 0.167. The summed E-state index contributed by atoms with van der Waals surface area (Å²) in [7, 11) is 1.98. The van der Waals surface area contributed by atoms with Crippen LogP contribution in [0.4, 0.5) is 5.82 Å². The maximum Gasteiger partial charge on any atom is 0.146 e. The predicted molar refractivity (Wildman–Crippen MR) is 66.4 cm³/mol. The standard InChI is InChI=1S/C11H16BrN3O/c1-15(9-4-2-3-5-10(9)16)11-8(12)6-13-7-14-11/h6-7,9-10,16H,2-5H2,1H3. The summed E-state index contributed by atoms with van der Waals surface area (Å²) in [4.78, 5) is 10.2. The smallest absolute Gasteiger partial charge is 0.146 e. The highest BCUT2D eigenvalue weighted by atomic mass is 79.9. The third-order valence-electron chi connectivity index (χ3n) is 3.17. The van der Waals surface area contributed by atoms with E-state index in [9.17, 15) is 5.11 Å². The van der Waals surface area contributed by atoms with E-state index in [0.29, 0.717) is 0 Å². The van der Waals surface area contributed by atoms with E-state index >= 15 is 0 Å². The van der Waals surface area contributed by atoms with Gasteiger partial charge in [0.15, 0.2) is 0 Å². The Hall–Kier alpha value is -0.680. The van der Waals surface area contributed by atoms with Gasteiger partial charge in [0.1, 0.15) is 12.1 Å². The molecule has 0 radical (unpaired) electrons. The molecule has 2 atom stereocenters. The van der Waals surface area contributed by atoms with Gasteiger partial charge in [-0.3, -0.25) is 0 Å². The van der Waals surface area contributed by atoms with Crippen LogP contribution in [0.3, 0.4) is 0 Å². The maximum absolute atomic E-state index is 9.99. The van der Waals surface area contributed by atoms with Gasteiger partial charge in [0.2, 0.25) is 0 Å². The van der Waals surface area contributed by atoms with Crippen molar-refractivity contribution in [3.05, 3.63) is 17.0 Å². The molecule has 1 saturated carbocycles. The van der Waals surface area contributed by atoms with Gasteiger partial charge in [0, 0.05) is 13.2 Å². The van der Waals surface area contributed by atoms with Crippen molar-refractivity contribution in [2.45, 2.75) is 37.8 Å². The highest BCUT2D eigenvalue weighted by Gasteiger charge is 2.28. The van der Waals surface area contributed by atoms with Crippen molar-refractivity contribution < 1.29 is 5.11 Å². The second-order valence-corrected chi connectivity index (χ2v) is 5.08. The number of nitrogens with zero attached hydrogens (tertiary/aromatic N) is 3. The number of aliphatic hydroxyl groups excluding tert-OH is 1. The minimum Gasteiger partial charge on any atom is -0.391 e. The first-order valence-corrected chi connectivity index (χ1v) is 6.36. The van der Waals surface area contributed by atoms with Crippen molar-refractivity contribution in [2.24, 2.45) is 0 Å². The molecule has 0 aromatic carbocycles. The second-order valence-electron chi connectivity index (χ2n) is 4.22. The van der Waals surface area contributed by atoms with E-state index in [1.165, 1.54) is 12.7 Å². The lowest BCUT2D eigenvalue weighted by Crippen LogP contribution is -2.44. The number of hydrogen-bond acceptors (Lipinski definition) is 4. The van der Waals surface area contributed by atoms with Crippen LogP contribution in [0.5, 0.6) is 0 Å². The summed E-state index contributed by atoms with van der Waals surface area (Å²) in [6.45, 7) is 0. The number of aliphatic hydroxyl groups is 1. The first-order chi connectivity index (χ1) is 7.70. The first-order valence-electron chi connectivity index (χ1n) is 5.56. The molecule has 16 heavy (non-hydrogen) atoms. The van der Waals surface area contributed by atoms with Gasteiger partial charge in [-0.2, -0.15) is 0 Å². The average molecular weight is 286 g/mol. The predicted octanol–water partition coefficient (Wildman–Crippen LogP) is 1.98. The van der Waals surface area contributed by atoms with Crippen LogP contribution in [0, 0.1) is 0 Å². The van der Waals surface area contributed by atoms with Crippen molar-refractivity contribution in [1.82, 2.24) is 9.97 Å². The van der Waals surface area contributed by atoms with E-state index in [-0.39, 0.29) is 12.1 Å². The molecule has 1 fully saturated rings. The molecule has 1 aromatic heterocycles. The largest absolute Gasteiger partial charge is 0.391 e. The maximum atomic E-state index is 9.99. The molecular formula is C11H16BrN3O. The van der Waals surface area contributed by atoms with Crippen LogP contribution in [0.2, 0.25) is 0 Å². The third-order valence-corrected chi connectivity index (χ3v) is 3.73. The Balaban J connectivity index is 2.17. The zero-order valence-electron chi connectivity index (χ0n) is 9.30. The van der Waals surface area contributed by atoms with Crippen LogP contribution in [0.25, 0.3) is 0 Å². The molecule has 1 heterocycles. The van der Waals surface area contributed by atoms with Gasteiger partial charge >= 0.3 is 0 Å². The zero-order valence-corrected chi connectivity index (χ0v) is 10.9. The van der Waals surface area contributed by atoms with Crippen LogP contribution in [0.1, 0.15) is 25.7 Å². The summed E-state index contributed by atoms with van der Waals surface area (Å²) < 4.78 is 0.871. The number of rotatable bonds is 2. The SMILES string of the molecule is CN(c1ncncc1Br)C1CCCCC1O. The normalized spacial score (nSPS) is 25.4. The van der Waals surface area contributed by atoms with Gasteiger partial charge in [0.05, 0.1) is 16.6 Å². The highest BCUT2D eigenvalue weighted by molar-refractivity contribution is 9.10. The zero-order chi connectivity index (χ0) is 11.5. The summed E-state index contributed by atoms with van der Waals surface area (Å²) in [5.74, 6) is 0.848. The van der Waals surface area contributed by atoms with Gasteiger partial charge in [-0.25, -0.2) is 9.97 Å². The summed E-state index contributed by atoms with van der Waals surface area (Å²) in [5, 5.41) is 9.99. The molecule has 1 aliphatic rings. The Morgan fingerprint density at radius 2 is 2.19 bits per heavy atom. The molecular weight excluding hydrogens is 270 g/mol. The molecule has 0 bridgehead atoms. The highest BCUT2D eigenvalue weighted by Crippen LogP contribution is 2.28. The molecule has 1 aliphatic carbocycles. The number of aromatic nitrogens is 2. The Kier molecular flexibility index (Phi) is 3.76. The molecule has 88 valence electrons. The summed E-state index contributed by atoms with van der Waals surface area (Å²) >= 11 is 3.44. The Morgan fingerprint density at radius 3 is 2.88 bits per heavy atom. The molecule has 0 saturated heterocycles. The molecule has 4 nitrogen and oxygen atoms in total. The number of halogens is 1. The summed E-state index contributed by atoms with van der Waals surface area (Å²) in [6, 6.07) is 0.167. The van der Waals surface area contributed by atoms with Crippen LogP contribution >= 0.6 is 15.9 Å². The van der Waals surface area contributed by atoms with E-state index in [1.54, 1.807) is 6.20 Å². The number of likely N-dealkylation sites (N-methyl/N-ethyl adjacent to an activating group) is 1. The molecule has 5 heteroatoms. The molecule has 0 aliphatic heterocycles. The summed E-state index contributed by atoms with van der Waals surface area (Å²) in [5.41, 5.74) is 0. The summed E-state index contributed by atoms with van der Waals surface area (Å²) in [6.07, 6.45) is 7.22. The van der Waals surface area contributed by atoms with Crippen molar-refractivity contribution in [2.75, 3.05) is 11.9 Å². The molecule has 1 N–H and O–H groups in total. The van der Waals surface area contributed by atoms with Crippen molar-refractivity contribution >= 4 is 21.7 Å². The minimum atomic E-state index is -0.249. The Bertz CT molecular complexity index is 361. The first kappa shape index (κ1) is 11.8. The molecule has 1 aromatic rings. The monoisotopic (exact) mass is 285 g/mol. The van der Waals surface area contributed by atoms with E-state index in [1.807, 2.05) is 7.05 Å². The van der Waals surface area contributed by atoms with Crippen molar-refractivity contribution in [1.29, 1.82) is 0 Å². The van der Waals surface area contributed by atoms with Gasteiger partial charge in [-0.15, -0.1) is 0 Å². The Labute approximate surface area is 104 Å². The number of anilines is 1. The fourth-order valence-corrected chi connectivity index (χ4v) is 2.77. The lowest BCUT2D eigenvalue weighted by atomic mass is 9.91. The third kappa shape index (κ3) is 2.35. The molecule has 2 unspecified atom stereocenters. The fourth-order valence-electron chi connectivity index (χ4n) is 2.27. The molecule has 0 amide bonds. The van der Waals surface area contributed by atoms with Crippen LogP contribution < -0.4 is 4.90 Å². The second kappa shape index (κ2) is 5.10. The van der Waals surface area contributed by atoms with Crippen LogP contribution in [-0.4, -0.2) is 34.3 Å². The Morgan fingerprint density at radius 1 is 1.44 bits per heavy atom. The average Bonchev–Trinajstić information content (AvgIpc) is 2.29. The molecule has 0 spiro atoms. The van der Waals surface area contributed by atoms with E-state index < -0.39 is 0 Å². The van der Waals surface area contributed by atoms with E-state index in [0.717, 1.165) is 29.6 Å². The van der Waals surface area contributed by atoms with Crippen molar-refractivity contribution in [3.63, 3.8) is 0 Å². The quantitative estimate of drug-likeness (QED) is 0.903.